The summed E-state index contributed by atoms with van der Waals surface area (Å²) in [7, 11) is 0. The third-order valence-electron chi connectivity index (χ3n) is 3.18. The summed E-state index contributed by atoms with van der Waals surface area (Å²) in [5.41, 5.74) is 0.367. The maximum atomic E-state index is 12.6. The van der Waals surface area contributed by atoms with Crippen LogP contribution in [-0.2, 0) is 4.79 Å². The van der Waals surface area contributed by atoms with Crippen LogP contribution in [0.15, 0.2) is 6.07 Å². The molecule has 0 unspecified atom stereocenters. The molecule has 1 rings (SSSR count). The Bertz CT molecular complexity index is 526. The molecule has 0 atom stereocenters. The lowest BCUT2D eigenvalue weighted by Crippen LogP contribution is -2.34. The van der Waals surface area contributed by atoms with Crippen molar-refractivity contribution in [1.29, 1.82) is 0 Å². The summed E-state index contributed by atoms with van der Waals surface area (Å²) in [6.45, 7) is 10.3. The lowest BCUT2D eigenvalue weighted by molar-refractivity contribution is -0.123. The minimum atomic E-state index is -0.479. The van der Waals surface area contributed by atoms with Gasteiger partial charge in [-0.05, 0) is 25.0 Å². The van der Waals surface area contributed by atoms with Crippen LogP contribution in [0.4, 0.5) is 5.00 Å². The third-order valence-corrected chi connectivity index (χ3v) is 4.32. The van der Waals surface area contributed by atoms with Crippen LogP contribution in [0.25, 0.3) is 0 Å². The van der Waals surface area contributed by atoms with E-state index >= 15 is 0 Å². The smallest absolute Gasteiger partial charge is 0.264 e. The van der Waals surface area contributed by atoms with Gasteiger partial charge < -0.3 is 15.3 Å². The molecule has 1 heterocycles. The number of aliphatic hydroxyl groups excluding tert-OH is 1. The molecule has 22 heavy (non-hydrogen) atoms. The fourth-order valence-corrected chi connectivity index (χ4v) is 2.94. The van der Waals surface area contributed by atoms with E-state index < -0.39 is 5.41 Å². The zero-order valence-electron chi connectivity index (χ0n) is 14.0. The quantitative estimate of drug-likeness (QED) is 0.844. The van der Waals surface area contributed by atoms with Crippen LogP contribution in [0.1, 0.15) is 49.4 Å². The van der Waals surface area contributed by atoms with Crippen LogP contribution in [0.5, 0.6) is 0 Å². The van der Waals surface area contributed by atoms with Crippen LogP contribution >= 0.6 is 11.3 Å². The highest BCUT2D eigenvalue weighted by atomic mass is 32.1. The summed E-state index contributed by atoms with van der Waals surface area (Å²) in [6.07, 6.45) is 0.837. The molecule has 0 bridgehead atoms. The minimum absolute atomic E-state index is 0.0518. The lowest BCUT2D eigenvalue weighted by atomic mass is 9.96. The SMILES string of the molecule is CCCN(CCO)C(=O)c1sc(NC(=O)C(C)(C)C)cc1C. The molecule has 0 fully saturated rings. The van der Waals surface area contributed by atoms with Gasteiger partial charge in [0, 0.05) is 18.5 Å². The maximum Gasteiger partial charge on any atom is 0.264 e. The van der Waals surface area contributed by atoms with Crippen molar-refractivity contribution in [3.8, 4) is 0 Å². The number of hydrogen-bond acceptors (Lipinski definition) is 4. The predicted octanol–water partition coefficient (Wildman–Crippen LogP) is 2.89. The molecule has 0 spiro atoms. The zero-order valence-corrected chi connectivity index (χ0v) is 14.8. The van der Waals surface area contributed by atoms with Gasteiger partial charge in [-0.15, -0.1) is 11.3 Å². The Balaban J connectivity index is 2.93. The van der Waals surface area contributed by atoms with Crippen molar-refractivity contribution in [1.82, 2.24) is 4.90 Å². The van der Waals surface area contributed by atoms with Gasteiger partial charge in [-0.3, -0.25) is 9.59 Å². The van der Waals surface area contributed by atoms with E-state index in [2.05, 4.69) is 5.32 Å². The molecular formula is C16H26N2O3S. The van der Waals surface area contributed by atoms with Gasteiger partial charge in [-0.1, -0.05) is 27.7 Å². The highest BCUT2D eigenvalue weighted by Crippen LogP contribution is 2.29. The standard InChI is InChI=1S/C16H26N2O3S/c1-6-7-18(8-9-19)14(20)13-11(2)10-12(22-13)17-15(21)16(3,4)5/h10,19H,6-9H2,1-5H3,(H,17,21). The topological polar surface area (TPSA) is 69.6 Å². The molecule has 1 aromatic rings. The molecule has 6 heteroatoms. The van der Waals surface area contributed by atoms with Crippen molar-refractivity contribution >= 4 is 28.2 Å². The largest absolute Gasteiger partial charge is 0.395 e. The molecule has 1 aromatic heterocycles. The lowest BCUT2D eigenvalue weighted by Gasteiger charge is -2.20. The Labute approximate surface area is 136 Å². The summed E-state index contributed by atoms with van der Waals surface area (Å²) < 4.78 is 0. The first kappa shape index (κ1) is 18.6. The molecule has 0 saturated carbocycles. The van der Waals surface area contributed by atoms with Crippen molar-refractivity contribution in [3.63, 3.8) is 0 Å². The molecule has 0 aromatic carbocycles. The second kappa shape index (κ2) is 7.74. The number of nitrogens with zero attached hydrogens (tertiary/aromatic N) is 1. The van der Waals surface area contributed by atoms with Gasteiger partial charge in [0.05, 0.1) is 16.5 Å². The summed E-state index contributed by atoms with van der Waals surface area (Å²) >= 11 is 1.29. The third kappa shape index (κ3) is 4.81. The monoisotopic (exact) mass is 326 g/mol. The van der Waals surface area contributed by atoms with Gasteiger partial charge in [0.1, 0.15) is 0 Å². The van der Waals surface area contributed by atoms with Gasteiger partial charge in [0.25, 0.3) is 5.91 Å². The molecule has 124 valence electrons. The molecule has 0 aliphatic heterocycles. The number of anilines is 1. The van der Waals surface area contributed by atoms with Gasteiger partial charge in [-0.25, -0.2) is 0 Å². The average Bonchev–Trinajstić information content (AvgIpc) is 2.77. The summed E-state index contributed by atoms with van der Waals surface area (Å²) in [5, 5.41) is 12.6. The summed E-state index contributed by atoms with van der Waals surface area (Å²) in [4.78, 5) is 26.8. The first-order valence-electron chi connectivity index (χ1n) is 7.52. The first-order chi connectivity index (χ1) is 10.2. The molecular weight excluding hydrogens is 300 g/mol. The van der Waals surface area contributed by atoms with Gasteiger partial charge >= 0.3 is 0 Å². The van der Waals surface area contributed by atoms with Gasteiger partial charge in [-0.2, -0.15) is 0 Å². The highest BCUT2D eigenvalue weighted by Gasteiger charge is 2.24. The number of aryl methyl sites for hydroxylation is 1. The summed E-state index contributed by atoms with van der Waals surface area (Å²) in [6, 6.07) is 1.82. The van der Waals surface area contributed by atoms with E-state index in [0.717, 1.165) is 12.0 Å². The second-order valence-electron chi connectivity index (χ2n) is 6.34. The molecule has 2 N–H and O–H groups in total. The molecule has 5 nitrogen and oxygen atoms in total. The fraction of sp³-hybridized carbons (Fsp3) is 0.625. The molecule has 0 saturated heterocycles. The number of thiophene rings is 1. The van der Waals surface area contributed by atoms with E-state index in [4.69, 9.17) is 5.11 Å². The van der Waals surface area contributed by atoms with Gasteiger partial charge in [0.15, 0.2) is 0 Å². The first-order valence-corrected chi connectivity index (χ1v) is 8.34. The number of nitrogens with one attached hydrogen (secondary N) is 1. The van der Waals surface area contributed by atoms with Crippen LogP contribution in [0.2, 0.25) is 0 Å². The van der Waals surface area contributed by atoms with Crippen molar-refractivity contribution in [2.45, 2.75) is 41.0 Å². The van der Waals surface area contributed by atoms with E-state index in [9.17, 15) is 9.59 Å². The number of carbonyl (C=O) groups is 2. The van der Waals surface area contributed by atoms with Crippen LogP contribution in [0, 0.1) is 12.3 Å². The highest BCUT2D eigenvalue weighted by molar-refractivity contribution is 7.18. The fourth-order valence-electron chi connectivity index (χ4n) is 1.90. The number of carbonyl (C=O) groups excluding carboxylic acids is 2. The average molecular weight is 326 g/mol. The normalized spacial score (nSPS) is 11.4. The van der Waals surface area contributed by atoms with Crippen molar-refractivity contribution in [3.05, 3.63) is 16.5 Å². The van der Waals surface area contributed by atoms with Crippen molar-refractivity contribution in [2.75, 3.05) is 25.0 Å². The predicted molar refractivity (Wildman–Crippen MR) is 90.4 cm³/mol. The molecule has 0 radical (unpaired) electrons. The Kier molecular flexibility index (Phi) is 6.56. The summed E-state index contributed by atoms with van der Waals surface area (Å²) in [5.74, 6) is -0.164. The van der Waals surface area contributed by atoms with Crippen molar-refractivity contribution in [2.24, 2.45) is 5.41 Å². The van der Waals surface area contributed by atoms with E-state index in [1.165, 1.54) is 11.3 Å². The van der Waals surface area contributed by atoms with E-state index in [1.54, 1.807) is 4.90 Å². The maximum absolute atomic E-state index is 12.6. The van der Waals surface area contributed by atoms with Crippen LogP contribution in [-0.4, -0.2) is 41.5 Å². The minimum Gasteiger partial charge on any atom is -0.395 e. The number of amides is 2. The molecule has 2 amide bonds. The van der Waals surface area contributed by atoms with Crippen LogP contribution < -0.4 is 5.32 Å². The Morgan fingerprint density at radius 1 is 1.32 bits per heavy atom. The Morgan fingerprint density at radius 3 is 2.45 bits per heavy atom. The molecule has 0 aliphatic rings. The van der Waals surface area contributed by atoms with Crippen LogP contribution in [0.3, 0.4) is 0 Å². The number of aliphatic hydroxyl groups is 1. The van der Waals surface area contributed by atoms with Crippen molar-refractivity contribution < 1.29 is 14.7 Å². The number of rotatable bonds is 6. The van der Waals surface area contributed by atoms with Gasteiger partial charge in [0.2, 0.25) is 5.91 Å². The second-order valence-corrected chi connectivity index (χ2v) is 7.39. The zero-order chi connectivity index (χ0) is 16.9. The van der Waals surface area contributed by atoms with E-state index in [0.29, 0.717) is 23.0 Å². The molecule has 0 aliphatic carbocycles. The van der Waals surface area contributed by atoms with E-state index in [-0.39, 0.29) is 18.4 Å². The van der Waals surface area contributed by atoms with E-state index in [1.807, 2.05) is 40.7 Å². The number of hydrogen-bond donors (Lipinski definition) is 2. The Morgan fingerprint density at radius 2 is 1.95 bits per heavy atom. The Hall–Kier alpha value is -1.40.